The molecule has 1 aromatic carbocycles. The SMILES string of the molecule is CCOCc1nc2cnc3cc(OC4CCOC4)ccc3c2n1CCCCN1CCCS1(O)O. The first-order valence-electron chi connectivity index (χ1n) is 12.2. The molecule has 2 aromatic heterocycles. The molecule has 186 valence electrons. The highest BCUT2D eigenvalue weighted by molar-refractivity contribution is 8.22. The van der Waals surface area contributed by atoms with E-state index in [1.54, 1.807) is 0 Å². The van der Waals surface area contributed by atoms with Gasteiger partial charge in [-0.25, -0.2) is 9.29 Å². The molecule has 2 saturated heterocycles. The summed E-state index contributed by atoms with van der Waals surface area (Å²) in [6, 6.07) is 6.06. The first-order valence-corrected chi connectivity index (χ1v) is 13.8. The van der Waals surface area contributed by atoms with E-state index in [9.17, 15) is 9.11 Å². The number of benzene rings is 1. The summed E-state index contributed by atoms with van der Waals surface area (Å²) in [4.78, 5) is 9.48. The Morgan fingerprint density at radius 2 is 2.09 bits per heavy atom. The largest absolute Gasteiger partial charge is 0.488 e. The smallest absolute Gasteiger partial charge is 0.136 e. The Morgan fingerprint density at radius 1 is 1.21 bits per heavy atom. The first kappa shape index (κ1) is 23.8. The fourth-order valence-electron chi connectivity index (χ4n) is 4.78. The predicted octanol–water partition coefficient (Wildman–Crippen LogP) is 4.44. The molecule has 0 saturated carbocycles. The molecule has 2 aliphatic heterocycles. The number of hydrogen-bond donors (Lipinski definition) is 2. The fraction of sp³-hybridized carbons (Fsp3) is 0.583. The van der Waals surface area contributed by atoms with E-state index in [4.69, 9.17) is 19.2 Å². The number of aryl methyl sites for hydroxylation is 1. The first-order chi connectivity index (χ1) is 16.5. The Labute approximate surface area is 201 Å². The molecule has 0 amide bonds. The van der Waals surface area contributed by atoms with Crippen molar-refractivity contribution in [1.82, 2.24) is 18.8 Å². The van der Waals surface area contributed by atoms with E-state index in [0.717, 1.165) is 78.9 Å². The Hall–Kier alpha value is -1.95. The van der Waals surface area contributed by atoms with Crippen molar-refractivity contribution in [2.45, 2.75) is 51.9 Å². The summed E-state index contributed by atoms with van der Waals surface area (Å²) in [5.41, 5.74) is 2.79. The van der Waals surface area contributed by atoms with E-state index in [0.29, 0.717) is 32.1 Å². The Balaban J connectivity index is 1.38. The number of rotatable bonds is 10. The van der Waals surface area contributed by atoms with Gasteiger partial charge in [-0.15, -0.1) is 10.8 Å². The summed E-state index contributed by atoms with van der Waals surface area (Å²) >= 11 is 0. The Bertz CT molecular complexity index is 1130. The minimum absolute atomic E-state index is 0.0959. The van der Waals surface area contributed by atoms with Crippen molar-refractivity contribution in [1.29, 1.82) is 0 Å². The molecule has 1 atom stereocenters. The van der Waals surface area contributed by atoms with Gasteiger partial charge >= 0.3 is 0 Å². The van der Waals surface area contributed by atoms with Crippen molar-refractivity contribution in [3.05, 3.63) is 30.2 Å². The highest BCUT2D eigenvalue weighted by Gasteiger charge is 2.28. The molecule has 0 radical (unpaired) electrons. The van der Waals surface area contributed by atoms with Crippen LogP contribution in [0.3, 0.4) is 0 Å². The molecule has 4 heterocycles. The number of hydrogen-bond acceptors (Lipinski definition) is 8. The van der Waals surface area contributed by atoms with E-state index in [1.807, 2.05) is 29.6 Å². The lowest BCUT2D eigenvalue weighted by Gasteiger charge is -2.36. The van der Waals surface area contributed by atoms with Crippen LogP contribution in [-0.2, 0) is 22.6 Å². The number of aromatic nitrogens is 3. The molecule has 0 aliphatic carbocycles. The second-order valence-corrected chi connectivity index (χ2v) is 11.1. The average Bonchev–Trinajstić information content (AvgIpc) is 3.54. The highest BCUT2D eigenvalue weighted by atomic mass is 32.3. The van der Waals surface area contributed by atoms with E-state index >= 15 is 0 Å². The van der Waals surface area contributed by atoms with Crippen LogP contribution in [0.5, 0.6) is 5.75 Å². The van der Waals surface area contributed by atoms with Gasteiger partial charge in [0, 0.05) is 44.1 Å². The Morgan fingerprint density at radius 3 is 2.85 bits per heavy atom. The van der Waals surface area contributed by atoms with E-state index in [2.05, 4.69) is 15.6 Å². The number of pyridine rings is 1. The van der Waals surface area contributed by atoms with Crippen LogP contribution in [0, 0.1) is 0 Å². The highest BCUT2D eigenvalue weighted by Crippen LogP contribution is 2.48. The maximum Gasteiger partial charge on any atom is 0.136 e. The average molecular weight is 491 g/mol. The molecule has 10 heteroatoms. The van der Waals surface area contributed by atoms with Gasteiger partial charge in [-0.1, -0.05) is 0 Å². The van der Waals surface area contributed by atoms with Crippen LogP contribution in [0.25, 0.3) is 21.9 Å². The topological polar surface area (TPSA) is 102 Å². The number of ether oxygens (including phenoxy) is 3. The van der Waals surface area contributed by atoms with Gasteiger partial charge in [0.1, 0.15) is 29.8 Å². The molecule has 0 spiro atoms. The summed E-state index contributed by atoms with van der Waals surface area (Å²) in [6.45, 7) is 6.67. The maximum absolute atomic E-state index is 10.2. The van der Waals surface area contributed by atoms with Gasteiger partial charge < -0.3 is 18.8 Å². The molecule has 3 aromatic rings. The van der Waals surface area contributed by atoms with Gasteiger partial charge in [0.25, 0.3) is 0 Å². The number of nitrogens with zero attached hydrogens (tertiary/aromatic N) is 4. The standard InChI is InChI=1S/C24H34N4O5S/c1-2-31-17-23-26-22-15-25-21-14-18(33-19-8-12-32-16-19)6-7-20(21)24(22)28(23)11-4-3-9-27-10-5-13-34(27,29)30/h6-7,14-15,19,29-30H,2-5,8-13,16-17H2,1H3. The van der Waals surface area contributed by atoms with Crippen molar-refractivity contribution in [3.63, 3.8) is 0 Å². The molecule has 9 nitrogen and oxygen atoms in total. The van der Waals surface area contributed by atoms with E-state index < -0.39 is 10.8 Å². The number of imidazole rings is 1. The molecule has 2 N–H and O–H groups in total. The van der Waals surface area contributed by atoms with Crippen molar-refractivity contribution in [2.24, 2.45) is 0 Å². The lowest BCUT2D eigenvalue weighted by Crippen LogP contribution is -2.24. The summed E-state index contributed by atoms with van der Waals surface area (Å²) in [5, 5.41) is 1.04. The van der Waals surface area contributed by atoms with Crippen LogP contribution in [0.4, 0.5) is 0 Å². The zero-order chi connectivity index (χ0) is 23.5. The molecule has 34 heavy (non-hydrogen) atoms. The maximum atomic E-state index is 10.2. The molecule has 1 unspecified atom stereocenters. The monoisotopic (exact) mass is 490 g/mol. The summed E-state index contributed by atoms with van der Waals surface area (Å²) in [5.74, 6) is 2.19. The van der Waals surface area contributed by atoms with Crippen LogP contribution in [0.1, 0.15) is 38.4 Å². The van der Waals surface area contributed by atoms with Crippen LogP contribution in [-0.4, -0.2) is 72.7 Å². The third kappa shape index (κ3) is 5.02. The van der Waals surface area contributed by atoms with Crippen molar-refractivity contribution >= 4 is 32.7 Å². The second kappa shape index (κ2) is 10.3. The molecule has 0 bridgehead atoms. The number of unbranched alkanes of at least 4 members (excludes halogenated alkanes) is 1. The van der Waals surface area contributed by atoms with Crippen LogP contribution < -0.4 is 4.74 Å². The van der Waals surface area contributed by atoms with Crippen molar-refractivity contribution in [2.75, 3.05) is 38.7 Å². The van der Waals surface area contributed by atoms with Crippen LogP contribution >= 0.6 is 10.8 Å². The van der Waals surface area contributed by atoms with Gasteiger partial charge in [0.2, 0.25) is 0 Å². The van der Waals surface area contributed by atoms with Gasteiger partial charge in [-0.05, 0) is 38.3 Å². The lowest BCUT2D eigenvalue weighted by atomic mass is 10.1. The third-order valence-electron chi connectivity index (χ3n) is 6.53. The van der Waals surface area contributed by atoms with Crippen molar-refractivity contribution in [3.8, 4) is 5.75 Å². The van der Waals surface area contributed by atoms with Crippen LogP contribution in [0.2, 0.25) is 0 Å². The normalized spacial score (nSPS) is 21.6. The molecular formula is C24H34N4O5S. The molecule has 2 fully saturated rings. The second-order valence-electron chi connectivity index (χ2n) is 8.92. The summed E-state index contributed by atoms with van der Waals surface area (Å²) in [6.07, 6.45) is 5.47. The van der Waals surface area contributed by atoms with Gasteiger partial charge in [-0.2, -0.15) is 0 Å². The number of fused-ring (bicyclic) bond motifs is 3. The molecule has 2 aliphatic rings. The molecule has 5 rings (SSSR count). The molecular weight excluding hydrogens is 456 g/mol. The van der Waals surface area contributed by atoms with Gasteiger partial charge in [0.15, 0.2) is 0 Å². The van der Waals surface area contributed by atoms with Crippen LogP contribution in [0.15, 0.2) is 24.4 Å². The quantitative estimate of drug-likeness (QED) is 0.402. The summed E-state index contributed by atoms with van der Waals surface area (Å²) < 4.78 is 41.6. The third-order valence-corrected chi connectivity index (χ3v) is 8.56. The predicted molar refractivity (Wildman–Crippen MR) is 133 cm³/mol. The van der Waals surface area contributed by atoms with Crippen molar-refractivity contribution < 1.29 is 23.3 Å². The fourth-order valence-corrected chi connectivity index (χ4v) is 6.40. The zero-order valence-corrected chi connectivity index (χ0v) is 20.5. The van der Waals surface area contributed by atoms with Gasteiger partial charge in [0.05, 0.1) is 36.2 Å². The van der Waals surface area contributed by atoms with E-state index in [-0.39, 0.29) is 6.10 Å². The van der Waals surface area contributed by atoms with Gasteiger partial charge in [-0.3, -0.25) is 14.1 Å². The lowest BCUT2D eigenvalue weighted by molar-refractivity contribution is 0.126. The Kier molecular flexibility index (Phi) is 7.24. The zero-order valence-electron chi connectivity index (χ0n) is 19.7. The van der Waals surface area contributed by atoms with E-state index in [1.165, 1.54) is 0 Å². The minimum atomic E-state index is -2.55. The summed E-state index contributed by atoms with van der Waals surface area (Å²) in [7, 11) is -2.55. The minimum Gasteiger partial charge on any atom is -0.488 e.